The van der Waals surface area contributed by atoms with Gasteiger partial charge in [-0.2, -0.15) is 0 Å². The third kappa shape index (κ3) is 4.68. The Hall–Kier alpha value is -2.90. The normalized spacial score (nSPS) is 15.8. The van der Waals surface area contributed by atoms with Gasteiger partial charge in [0.25, 0.3) is 0 Å². The molecule has 1 aliphatic rings. The lowest BCUT2D eigenvalue weighted by Crippen LogP contribution is -2.38. The van der Waals surface area contributed by atoms with Crippen LogP contribution in [0.15, 0.2) is 33.7 Å². The van der Waals surface area contributed by atoms with E-state index in [0.29, 0.717) is 37.6 Å². The van der Waals surface area contributed by atoms with Gasteiger partial charge in [0.05, 0.1) is 0 Å². The SMILES string of the molecule is Cc1cc(=O)c(O)c(C2(CC(=O)NCCNc3ncccn3)CCCCC2)o1. The van der Waals surface area contributed by atoms with Gasteiger partial charge in [-0.3, -0.25) is 9.59 Å². The van der Waals surface area contributed by atoms with Gasteiger partial charge in [0, 0.05) is 43.4 Å². The molecule has 2 heterocycles. The molecule has 28 heavy (non-hydrogen) atoms. The van der Waals surface area contributed by atoms with Gasteiger partial charge >= 0.3 is 0 Å². The second-order valence-electron chi connectivity index (χ2n) is 7.27. The zero-order valence-corrected chi connectivity index (χ0v) is 16.0. The number of aromatic nitrogens is 2. The summed E-state index contributed by atoms with van der Waals surface area (Å²) in [6.45, 7) is 2.59. The van der Waals surface area contributed by atoms with Crippen LogP contribution in [0.5, 0.6) is 5.75 Å². The van der Waals surface area contributed by atoms with Crippen LogP contribution in [0, 0.1) is 6.92 Å². The Bertz CT molecular complexity index is 860. The predicted molar refractivity (Wildman–Crippen MR) is 104 cm³/mol. The number of nitrogens with one attached hydrogen (secondary N) is 2. The van der Waals surface area contributed by atoms with Crippen molar-refractivity contribution < 1.29 is 14.3 Å². The van der Waals surface area contributed by atoms with Gasteiger partial charge in [0.2, 0.25) is 23.0 Å². The van der Waals surface area contributed by atoms with Gasteiger partial charge in [-0.05, 0) is 25.8 Å². The van der Waals surface area contributed by atoms with Gasteiger partial charge in [0.15, 0.2) is 5.76 Å². The molecule has 0 unspecified atom stereocenters. The van der Waals surface area contributed by atoms with Crippen molar-refractivity contribution in [2.24, 2.45) is 0 Å². The molecule has 1 amide bonds. The van der Waals surface area contributed by atoms with Crippen LogP contribution in [0.25, 0.3) is 0 Å². The molecule has 0 atom stereocenters. The van der Waals surface area contributed by atoms with Crippen molar-refractivity contribution >= 4 is 11.9 Å². The number of carbonyl (C=O) groups is 1. The van der Waals surface area contributed by atoms with Crippen molar-refractivity contribution in [3.63, 3.8) is 0 Å². The third-order valence-corrected chi connectivity index (χ3v) is 5.13. The first-order valence-corrected chi connectivity index (χ1v) is 9.62. The zero-order chi connectivity index (χ0) is 20.0. The van der Waals surface area contributed by atoms with E-state index in [1.54, 1.807) is 25.4 Å². The van der Waals surface area contributed by atoms with Crippen molar-refractivity contribution in [3.05, 3.63) is 46.3 Å². The minimum Gasteiger partial charge on any atom is -0.502 e. The Morgan fingerprint density at radius 3 is 2.64 bits per heavy atom. The van der Waals surface area contributed by atoms with Crippen LogP contribution in [0.4, 0.5) is 5.95 Å². The van der Waals surface area contributed by atoms with E-state index in [1.165, 1.54) is 6.07 Å². The van der Waals surface area contributed by atoms with E-state index >= 15 is 0 Å². The Balaban J connectivity index is 1.66. The minimum absolute atomic E-state index is 0.138. The summed E-state index contributed by atoms with van der Waals surface area (Å²) in [5.41, 5.74) is -1.11. The quantitative estimate of drug-likeness (QED) is 0.625. The molecule has 0 aliphatic heterocycles. The maximum absolute atomic E-state index is 12.6. The van der Waals surface area contributed by atoms with Crippen LogP contribution in [-0.2, 0) is 10.2 Å². The number of aromatic hydroxyl groups is 1. The highest BCUT2D eigenvalue weighted by Crippen LogP contribution is 2.44. The molecule has 0 radical (unpaired) electrons. The van der Waals surface area contributed by atoms with E-state index in [9.17, 15) is 14.7 Å². The second kappa shape index (κ2) is 8.86. The number of nitrogens with zero attached hydrogens (tertiary/aromatic N) is 2. The predicted octanol–water partition coefficient (Wildman–Crippen LogP) is 2.26. The molecule has 1 saturated carbocycles. The van der Waals surface area contributed by atoms with Crippen molar-refractivity contribution in [1.82, 2.24) is 15.3 Å². The smallest absolute Gasteiger partial charge is 0.227 e. The van der Waals surface area contributed by atoms with Crippen LogP contribution in [0.2, 0.25) is 0 Å². The summed E-state index contributed by atoms with van der Waals surface area (Å²) in [6.07, 6.45) is 7.79. The number of hydrogen-bond donors (Lipinski definition) is 3. The lowest BCUT2D eigenvalue weighted by atomic mass is 9.69. The first-order chi connectivity index (χ1) is 13.5. The van der Waals surface area contributed by atoms with Crippen LogP contribution in [-0.4, -0.2) is 34.1 Å². The van der Waals surface area contributed by atoms with Crippen molar-refractivity contribution in [1.29, 1.82) is 0 Å². The summed E-state index contributed by atoms with van der Waals surface area (Å²) in [5.74, 6) is 0.690. The fraction of sp³-hybridized carbons (Fsp3) is 0.500. The monoisotopic (exact) mass is 386 g/mol. The molecule has 3 rings (SSSR count). The first-order valence-electron chi connectivity index (χ1n) is 9.62. The summed E-state index contributed by atoms with van der Waals surface area (Å²) in [6, 6.07) is 3.00. The van der Waals surface area contributed by atoms with Crippen LogP contribution in [0.3, 0.4) is 0 Å². The zero-order valence-electron chi connectivity index (χ0n) is 16.0. The summed E-state index contributed by atoms with van der Waals surface area (Å²) in [7, 11) is 0. The Morgan fingerprint density at radius 1 is 1.21 bits per heavy atom. The highest BCUT2D eigenvalue weighted by Gasteiger charge is 2.41. The average molecular weight is 386 g/mol. The topological polar surface area (TPSA) is 117 Å². The van der Waals surface area contributed by atoms with Gasteiger partial charge < -0.3 is 20.2 Å². The number of rotatable bonds is 7. The lowest BCUT2D eigenvalue weighted by Gasteiger charge is -2.36. The Kier molecular flexibility index (Phi) is 6.28. The van der Waals surface area contributed by atoms with Gasteiger partial charge in [0.1, 0.15) is 5.76 Å². The average Bonchev–Trinajstić information content (AvgIpc) is 2.69. The van der Waals surface area contributed by atoms with E-state index in [0.717, 1.165) is 19.3 Å². The molecule has 8 nitrogen and oxygen atoms in total. The molecule has 0 saturated heterocycles. The van der Waals surface area contributed by atoms with Crippen LogP contribution < -0.4 is 16.1 Å². The standard InChI is InChI=1S/C20H26N4O4/c1-14-12-15(25)17(27)18(28-14)20(6-3-2-4-7-20)13-16(26)21-10-11-24-19-22-8-5-9-23-19/h5,8-9,12,27H,2-4,6-7,10-11,13H2,1H3,(H,21,26)(H,22,23,24). The maximum Gasteiger partial charge on any atom is 0.227 e. The molecule has 0 aromatic carbocycles. The summed E-state index contributed by atoms with van der Waals surface area (Å²) in [4.78, 5) is 32.8. The highest BCUT2D eigenvalue weighted by atomic mass is 16.4. The number of hydrogen-bond acceptors (Lipinski definition) is 7. The van der Waals surface area contributed by atoms with Crippen molar-refractivity contribution in [2.75, 3.05) is 18.4 Å². The van der Waals surface area contributed by atoms with Gasteiger partial charge in [-0.15, -0.1) is 0 Å². The van der Waals surface area contributed by atoms with Crippen molar-refractivity contribution in [3.8, 4) is 5.75 Å². The van der Waals surface area contributed by atoms with E-state index in [2.05, 4.69) is 20.6 Å². The molecule has 0 spiro atoms. The fourth-order valence-corrected chi connectivity index (χ4v) is 3.81. The molecule has 1 fully saturated rings. The largest absolute Gasteiger partial charge is 0.502 e. The lowest BCUT2D eigenvalue weighted by molar-refractivity contribution is -0.122. The molecule has 3 N–H and O–H groups in total. The van der Waals surface area contributed by atoms with Crippen LogP contribution >= 0.6 is 0 Å². The number of amides is 1. The molecule has 0 bridgehead atoms. The van der Waals surface area contributed by atoms with E-state index in [1.807, 2.05) is 0 Å². The molecule has 2 aromatic heterocycles. The molecule has 8 heteroatoms. The highest BCUT2D eigenvalue weighted by molar-refractivity contribution is 5.77. The molecular formula is C20H26N4O4. The Labute approximate surface area is 163 Å². The summed E-state index contributed by atoms with van der Waals surface area (Å²) < 4.78 is 5.76. The van der Waals surface area contributed by atoms with Gasteiger partial charge in [-0.1, -0.05) is 19.3 Å². The fourth-order valence-electron chi connectivity index (χ4n) is 3.81. The number of anilines is 1. The molecular weight excluding hydrogens is 360 g/mol. The summed E-state index contributed by atoms with van der Waals surface area (Å²) >= 11 is 0. The van der Waals surface area contributed by atoms with Crippen molar-refractivity contribution in [2.45, 2.75) is 50.9 Å². The molecule has 150 valence electrons. The first kappa shape index (κ1) is 19.9. The molecule has 1 aliphatic carbocycles. The van der Waals surface area contributed by atoms with Crippen LogP contribution in [0.1, 0.15) is 50.0 Å². The van der Waals surface area contributed by atoms with Gasteiger partial charge in [-0.25, -0.2) is 9.97 Å². The third-order valence-electron chi connectivity index (χ3n) is 5.13. The second-order valence-corrected chi connectivity index (χ2v) is 7.27. The van der Waals surface area contributed by atoms with E-state index < -0.39 is 10.8 Å². The minimum atomic E-state index is -0.645. The van der Waals surface area contributed by atoms with E-state index in [-0.39, 0.29) is 23.8 Å². The summed E-state index contributed by atoms with van der Waals surface area (Å²) in [5, 5.41) is 16.2. The number of aryl methyl sites for hydroxylation is 1. The maximum atomic E-state index is 12.6. The molecule has 2 aromatic rings. The number of carbonyl (C=O) groups excluding carboxylic acids is 1. The Morgan fingerprint density at radius 2 is 1.93 bits per heavy atom. The van der Waals surface area contributed by atoms with E-state index in [4.69, 9.17) is 4.42 Å².